The third-order valence-corrected chi connectivity index (χ3v) is 5.14. The number of para-hydroxylation sites is 2. The van der Waals surface area contributed by atoms with Gasteiger partial charge in [-0.05, 0) is 36.2 Å². The smallest absolute Gasteiger partial charge is 0.227 e. The second-order valence-electron chi connectivity index (χ2n) is 6.78. The van der Waals surface area contributed by atoms with Crippen LogP contribution in [-0.2, 0) is 17.8 Å². The summed E-state index contributed by atoms with van der Waals surface area (Å²) < 4.78 is 2.18. The molecule has 2 heterocycles. The summed E-state index contributed by atoms with van der Waals surface area (Å²) in [6.45, 7) is 7.38. The van der Waals surface area contributed by atoms with Crippen LogP contribution in [0.15, 0.2) is 61.2 Å². The zero-order valence-corrected chi connectivity index (χ0v) is 15.1. The topological polar surface area (TPSA) is 38.1 Å². The lowest BCUT2D eigenvalue weighted by Gasteiger charge is -2.17. The monoisotopic (exact) mass is 345 g/mol. The lowest BCUT2D eigenvalue weighted by atomic mass is 10.1. The van der Waals surface area contributed by atoms with E-state index in [4.69, 9.17) is 4.98 Å². The first kappa shape index (κ1) is 16.6. The standard InChI is InChI=1S/C22H23N3O/c1-3-13-24-20-8-6-5-7-19(20)23-22(24)17-14-21(26)25(15-17)18-11-9-16(4-2)10-12-18/h3,5-12,17H,1,4,13-15H2,2H3/t17-/m0/s1. The van der Waals surface area contributed by atoms with Crippen molar-refractivity contribution in [1.82, 2.24) is 9.55 Å². The van der Waals surface area contributed by atoms with E-state index in [0.29, 0.717) is 19.5 Å². The Labute approximate surface area is 153 Å². The van der Waals surface area contributed by atoms with Gasteiger partial charge in [0.25, 0.3) is 0 Å². The van der Waals surface area contributed by atoms with Crippen LogP contribution in [0.1, 0.15) is 30.7 Å². The minimum Gasteiger partial charge on any atom is -0.324 e. The van der Waals surface area contributed by atoms with Gasteiger partial charge >= 0.3 is 0 Å². The molecule has 1 fully saturated rings. The van der Waals surface area contributed by atoms with Crippen LogP contribution in [-0.4, -0.2) is 22.0 Å². The van der Waals surface area contributed by atoms with E-state index < -0.39 is 0 Å². The highest BCUT2D eigenvalue weighted by Gasteiger charge is 2.34. The fraction of sp³-hybridized carbons (Fsp3) is 0.273. The molecule has 3 aromatic rings. The van der Waals surface area contributed by atoms with Crippen LogP contribution < -0.4 is 4.90 Å². The molecule has 1 amide bonds. The minimum absolute atomic E-state index is 0.0979. The number of hydrogen-bond acceptors (Lipinski definition) is 2. The van der Waals surface area contributed by atoms with Crippen molar-refractivity contribution in [3.05, 3.63) is 72.6 Å². The van der Waals surface area contributed by atoms with Gasteiger partial charge in [0.15, 0.2) is 0 Å². The van der Waals surface area contributed by atoms with Crippen LogP contribution in [0.3, 0.4) is 0 Å². The Balaban J connectivity index is 1.67. The van der Waals surface area contributed by atoms with Crippen LogP contribution in [0, 0.1) is 0 Å². The van der Waals surface area contributed by atoms with Gasteiger partial charge < -0.3 is 9.47 Å². The van der Waals surface area contributed by atoms with E-state index in [1.807, 2.05) is 41.3 Å². The number of fused-ring (bicyclic) bond motifs is 1. The number of nitrogens with zero attached hydrogens (tertiary/aromatic N) is 3. The highest BCUT2D eigenvalue weighted by molar-refractivity contribution is 5.96. The zero-order valence-electron chi connectivity index (χ0n) is 15.1. The average molecular weight is 345 g/mol. The first-order chi connectivity index (χ1) is 12.7. The van der Waals surface area contributed by atoms with Gasteiger partial charge in [-0.1, -0.05) is 37.3 Å². The number of benzene rings is 2. The molecular weight excluding hydrogens is 322 g/mol. The number of carbonyl (C=O) groups excluding carboxylic acids is 1. The van der Waals surface area contributed by atoms with Gasteiger partial charge in [-0.2, -0.15) is 0 Å². The van der Waals surface area contributed by atoms with Crippen molar-refractivity contribution in [2.45, 2.75) is 32.2 Å². The molecule has 0 unspecified atom stereocenters. The molecule has 132 valence electrons. The van der Waals surface area contributed by atoms with E-state index >= 15 is 0 Å². The first-order valence-electron chi connectivity index (χ1n) is 9.16. The second-order valence-corrected chi connectivity index (χ2v) is 6.78. The molecule has 0 aliphatic carbocycles. The Morgan fingerprint density at radius 1 is 1.19 bits per heavy atom. The molecule has 1 aliphatic rings. The summed E-state index contributed by atoms with van der Waals surface area (Å²) in [6, 6.07) is 16.4. The number of imidazole rings is 1. The first-order valence-corrected chi connectivity index (χ1v) is 9.16. The number of hydrogen-bond donors (Lipinski definition) is 0. The van der Waals surface area contributed by atoms with Gasteiger partial charge in [-0.25, -0.2) is 4.98 Å². The van der Waals surface area contributed by atoms with Gasteiger partial charge in [-0.15, -0.1) is 6.58 Å². The summed E-state index contributed by atoms with van der Waals surface area (Å²) >= 11 is 0. The Hall–Kier alpha value is -2.88. The molecule has 2 aromatic carbocycles. The Morgan fingerprint density at radius 3 is 2.69 bits per heavy atom. The molecule has 1 aliphatic heterocycles. The van der Waals surface area contributed by atoms with Crippen molar-refractivity contribution < 1.29 is 4.79 Å². The zero-order chi connectivity index (χ0) is 18.1. The molecule has 0 spiro atoms. The average Bonchev–Trinajstić information content (AvgIpc) is 3.23. The van der Waals surface area contributed by atoms with Crippen molar-refractivity contribution in [3.63, 3.8) is 0 Å². The van der Waals surface area contributed by atoms with Gasteiger partial charge in [-0.3, -0.25) is 4.79 Å². The van der Waals surface area contributed by atoms with E-state index in [9.17, 15) is 4.79 Å². The number of aromatic nitrogens is 2. The van der Waals surface area contributed by atoms with E-state index in [-0.39, 0.29) is 11.8 Å². The van der Waals surface area contributed by atoms with Crippen molar-refractivity contribution >= 4 is 22.6 Å². The Morgan fingerprint density at radius 2 is 1.96 bits per heavy atom. The maximum Gasteiger partial charge on any atom is 0.227 e. The molecule has 1 aromatic heterocycles. The van der Waals surface area contributed by atoms with Crippen molar-refractivity contribution in [3.8, 4) is 0 Å². The lowest BCUT2D eigenvalue weighted by molar-refractivity contribution is -0.117. The third-order valence-electron chi connectivity index (χ3n) is 5.14. The number of allylic oxidation sites excluding steroid dienone is 1. The highest BCUT2D eigenvalue weighted by Crippen LogP contribution is 2.33. The molecule has 4 rings (SSSR count). The van der Waals surface area contributed by atoms with Gasteiger partial charge in [0.2, 0.25) is 5.91 Å². The van der Waals surface area contributed by atoms with Gasteiger partial charge in [0.05, 0.1) is 11.0 Å². The quantitative estimate of drug-likeness (QED) is 0.647. The molecule has 0 saturated carbocycles. The summed E-state index contributed by atoms with van der Waals surface area (Å²) in [5, 5.41) is 0. The van der Waals surface area contributed by atoms with Crippen LogP contribution in [0.2, 0.25) is 0 Å². The summed E-state index contributed by atoms with van der Waals surface area (Å²) in [6.07, 6.45) is 3.38. The number of amides is 1. The SMILES string of the molecule is C=CCn1c([C@H]2CC(=O)N(c3ccc(CC)cc3)C2)nc2ccccc21. The molecule has 1 saturated heterocycles. The number of anilines is 1. The fourth-order valence-electron chi connectivity index (χ4n) is 3.77. The fourth-order valence-corrected chi connectivity index (χ4v) is 3.77. The van der Waals surface area contributed by atoms with Crippen molar-refractivity contribution in [1.29, 1.82) is 0 Å². The second kappa shape index (κ2) is 6.79. The maximum absolute atomic E-state index is 12.7. The molecule has 4 nitrogen and oxygen atoms in total. The molecular formula is C22H23N3O. The van der Waals surface area contributed by atoms with Gasteiger partial charge in [0, 0.05) is 31.1 Å². The Bertz CT molecular complexity index is 955. The van der Waals surface area contributed by atoms with Crippen LogP contribution >= 0.6 is 0 Å². The summed E-state index contributed by atoms with van der Waals surface area (Å²) in [7, 11) is 0. The number of aryl methyl sites for hydroxylation is 1. The predicted molar refractivity (Wildman–Crippen MR) is 105 cm³/mol. The highest BCUT2D eigenvalue weighted by atomic mass is 16.2. The van der Waals surface area contributed by atoms with Crippen molar-refractivity contribution in [2.75, 3.05) is 11.4 Å². The summed E-state index contributed by atoms with van der Waals surface area (Å²) in [4.78, 5) is 19.4. The van der Waals surface area contributed by atoms with E-state index in [2.05, 4.69) is 36.3 Å². The van der Waals surface area contributed by atoms with Crippen LogP contribution in [0.25, 0.3) is 11.0 Å². The Kier molecular flexibility index (Phi) is 4.33. The molecule has 1 atom stereocenters. The predicted octanol–water partition coefficient (Wildman–Crippen LogP) is 4.31. The van der Waals surface area contributed by atoms with Crippen LogP contribution in [0.5, 0.6) is 0 Å². The summed E-state index contributed by atoms with van der Waals surface area (Å²) in [5.74, 6) is 1.24. The molecule has 0 N–H and O–H groups in total. The summed E-state index contributed by atoms with van der Waals surface area (Å²) in [5.41, 5.74) is 4.33. The van der Waals surface area contributed by atoms with E-state index in [0.717, 1.165) is 29.0 Å². The maximum atomic E-state index is 12.7. The largest absolute Gasteiger partial charge is 0.324 e. The van der Waals surface area contributed by atoms with E-state index in [1.54, 1.807) is 0 Å². The molecule has 0 bridgehead atoms. The van der Waals surface area contributed by atoms with Crippen LogP contribution in [0.4, 0.5) is 5.69 Å². The number of carbonyl (C=O) groups is 1. The molecule has 4 heteroatoms. The normalized spacial score (nSPS) is 17.2. The molecule has 0 radical (unpaired) electrons. The lowest BCUT2D eigenvalue weighted by Crippen LogP contribution is -2.24. The third kappa shape index (κ3) is 2.81. The number of rotatable bonds is 5. The van der Waals surface area contributed by atoms with Gasteiger partial charge in [0.1, 0.15) is 5.82 Å². The van der Waals surface area contributed by atoms with Crippen molar-refractivity contribution in [2.24, 2.45) is 0 Å². The minimum atomic E-state index is 0.0979. The van der Waals surface area contributed by atoms with E-state index in [1.165, 1.54) is 5.56 Å². The molecule has 26 heavy (non-hydrogen) atoms.